The summed E-state index contributed by atoms with van der Waals surface area (Å²) >= 11 is 0. The van der Waals surface area contributed by atoms with Crippen molar-refractivity contribution in [2.45, 2.75) is 44.4 Å². The van der Waals surface area contributed by atoms with E-state index in [1.54, 1.807) is 12.1 Å². The topological polar surface area (TPSA) is 111 Å². The van der Waals surface area contributed by atoms with Crippen LogP contribution in [0.4, 0.5) is 4.79 Å². The molecule has 1 fully saturated rings. The van der Waals surface area contributed by atoms with Crippen LogP contribution in [0.3, 0.4) is 0 Å². The largest absolute Gasteiger partial charge is 0.508 e. The Morgan fingerprint density at radius 3 is 2.63 bits per heavy atom. The third-order valence-corrected chi connectivity index (χ3v) is 5.24. The van der Waals surface area contributed by atoms with Crippen molar-refractivity contribution in [1.82, 2.24) is 10.6 Å². The summed E-state index contributed by atoms with van der Waals surface area (Å²) in [7, 11) is 0. The molecule has 0 aromatic heterocycles. The van der Waals surface area contributed by atoms with Crippen LogP contribution in [-0.2, 0) is 16.1 Å². The second kappa shape index (κ2) is 10.3. The molecule has 30 heavy (non-hydrogen) atoms. The predicted molar refractivity (Wildman–Crippen MR) is 110 cm³/mol. The number of phenolic OH excluding ortho intramolecular Hbond substituents is 1. The average molecular weight is 407 g/mol. The normalized spacial score (nSPS) is 19.2. The number of nitriles is 1. The fourth-order valence-electron chi connectivity index (χ4n) is 3.68. The Balaban J connectivity index is 1.59. The number of nitrogens with one attached hydrogen (secondary N) is 2. The Morgan fingerprint density at radius 2 is 1.90 bits per heavy atom. The summed E-state index contributed by atoms with van der Waals surface area (Å²) in [6.07, 6.45) is 2.50. The molecule has 3 N–H and O–H groups in total. The molecular formula is C23H25N3O4. The highest BCUT2D eigenvalue weighted by atomic mass is 16.5. The maximum atomic E-state index is 12.9. The van der Waals surface area contributed by atoms with E-state index in [0.717, 1.165) is 18.4 Å². The highest BCUT2D eigenvalue weighted by Crippen LogP contribution is 2.26. The number of phenols is 1. The lowest BCUT2D eigenvalue weighted by atomic mass is 9.83. The second-order valence-corrected chi connectivity index (χ2v) is 7.37. The third-order valence-electron chi connectivity index (χ3n) is 5.24. The molecule has 2 aromatic carbocycles. The van der Waals surface area contributed by atoms with Gasteiger partial charge in [-0.05, 0) is 36.1 Å². The van der Waals surface area contributed by atoms with Crippen LogP contribution < -0.4 is 10.6 Å². The van der Waals surface area contributed by atoms with E-state index in [-0.39, 0.29) is 24.3 Å². The lowest BCUT2D eigenvalue weighted by Crippen LogP contribution is -2.49. The van der Waals surface area contributed by atoms with Gasteiger partial charge in [0.1, 0.15) is 18.4 Å². The molecule has 3 atom stereocenters. The van der Waals surface area contributed by atoms with Crippen LogP contribution in [0.5, 0.6) is 5.75 Å². The van der Waals surface area contributed by atoms with Crippen LogP contribution in [0.25, 0.3) is 0 Å². The van der Waals surface area contributed by atoms with Crippen molar-refractivity contribution in [2.75, 3.05) is 0 Å². The van der Waals surface area contributed by atoms with Gasteiger partial charge in [-0.25, -0.2) is 4.79 Å². The maximum Gasteiger partial charge on any atom is 0.407 e. The summed E-state index contributed by atoms with van der Waals surface area (Å²) in [6, 6.07) is 16.4. The number of carbonyl (C=O) groups excluding carboxylic acids is 2. The van der Waals surface area contributed by atoms with Crippen LogP contribution >= 0.6 is 0 Å². The first-order valence-electron chi connectivity index (χ1n) is 10.0. The lowest BCUT2D eigenvalue weighted by molar-refractivity contribution is -0.127. The van der Waals surface area contributed by atoms with E-state index in [2.05, 4.69) is 16.7 Å². The van der Waals surface area contributed by atoms with Gasteiger partial charge in [-0.15, -0.1) is 0 Å². The molecule has 3 unspecified atom stereocenters. The van der Waals surface area contributed by atoms with Gasteiger partial charge >= 0.3 is 6.09 Å². The smallest absolute Gasteiger partial charge is 0.407 e. The van der Waals surface area contributed by atoms with Gasteiger partial charge in [0.05, 0.1) is 12.0 Å². The quantitative estimate of drug-likeness (QED) is 0.678. The first kappa shape index (κ1) is 21.2. The van der Waals surface area contributed by atoms with Crippen molar-refractivity contribution in [2.24, 2.45) is 5.92 Å². The van der Waals surface area contributed by atoms with E-state index in [4.69, 9.17) is 4.74 Å². The molecule has 0 bridgehead atoms. The van der Waals surface area contributed by atoms with Crippen molar-refractivity contribution >= 4 is 12.0 Å². The van der Waals surface area contributed by atoms with E-state index < -0.39 is 18.1 Å². The zero-order chi connectivity index (χ0) is 21.3. The summed E-state index contributed by atoms with van der Waals surface area (Å²) in [5.41, 5.74) is 1.39. The molecular weight excluding hydrogens is 382 g/mol. The fourth-order valence-corrected chi connectivity index (χ4v) is 3.68. The van der Waals surface area contributed by atoms with Crippen molar-refractivity contribution < 1.29 is 19.4 Å². The lowest BCUT2D eigenvalue weighted by Gasteiger charge is -2.31. The van der Waals surface area contributed by atoms with Crippen molar-refractivity contribution in [1.29, 1.82) is 5.26 Å². The SMILES string of the molecule is N#CC(NC(=O)C1CCCCC1NC(=O)OCc1ccccc1)c1cccc(O)c1. The van der Waals surface area contributed by atoms with Crippen LogP contribution in [-0.4, -0.2) is 23.1 Å². The number of alkyl carbamates (subject to hydrolysis) is 1. The van der Waals surface area contributed by atoms with Gasteiger partial charge in [0.2, 0.25) is 5.91 Å². The molecule has 7 nitrogen and oxygen atoms in total. The number of ether oxygens (including phenoxy) is 1. The molecule has 0 radical (unpaired) electrons. The van der Waals surface area contributed by atoms with E-state index in [9.17, 15) is 20.0 Å². The minimum absolute atomic E-state index is 0.0281. The molecule has 1 aliphatic rings. The highest BCUT2D eigenvalue weighted by molar-refractivity contribution is 5.81. The number of benzene rings is 2. The van der Waals surface area contributed by atoms with Crippen molar-refractivity contribution in [3.05, 3.63) is 65.7 Å². The van der Waals surface area contributed by atoms with Gasteiger partial charge in [-0.1, -0.05) is 55.3 Å². The van der Waals surface area contributed by atoms with Crippen LogP contribution in [0.15, 0.2) is 54.6 Å². The number of hydrogen-bond donors (Lipinski definition) is 3. The Hall–Kier alpha value is -3.53. The number of hydrogen-bond acceptors (Lipinski definition) is 5. The number of rotatable bonds is 6. The average Bonchev–Trinajstić information content (AvgIpc) is 2.77. The highest BCUT2D eigenvalue weighted by Gasteiger charge is 2.33. The summed E-state index contributed by atoms with van der Waals surface area (Å²) in [5, 5.41) is 24.7. The molecule has 156 valence electrons. The molecule has 1 aliphatic carbocycles. The van der Waals surface area contributed by atoms with Crippen molar-refractivity contribution in [3.63, 3.8) is 0 Å². The summed E-state index contributed by atoms with van der Waals surface area (Å²) in [4.78, 5) is 25.1. The van der Waals surface area contributed by atoms with Gasteiger partial charge in [-0.2, -0.15) is 5.26 Å². The van der Waals surface area contributed by atoms with E-state index in [1.807, 2.05) is 30.3 Å². The van der Waals surface area contributed by atoms with Gasteiger partial charge < -0.3 is 20.5 Å². The molecule has 7 heteroatoms. The molecule has 0 aliphatic heterocycles. The summed E-state index contributed by atoms with van der Waals surface area (Å²) < 4.78 is 5.28. The van der Waals surface area contributed by atoms with Crippen LogP contribution in [0, 0.1) is 17.2 Å². The molecule has 0 heterocycles. The van der Waals surface area contributed by atoms with E-state index >= 15 is 0 Å². The summed E-state index contributed by atoms with van der Waals surface area (Å²) in [5.74, 6) is -0.713. The van der Waals surface area contributed by atoms with Crippen molar-refractivity contribution in [3.8, 4) is 11.8 Å². The van der Waals surface area contributed by atoms with Gasteiger partial charge in [0, 0.05) is 6.04 Å². The zero-order valence-electron chi connectivity index (χ0n) is 16.6. The Kier molecular flexibility index (Phi) is 7.28. The Labute approximate surface area is 175 Å². The number of amides is 2. The monoisotopic (exact) mass is 407 g/mol. The van der Waals surface area contributed by atoms with Crippen LogP contribution in [0.1, 0.15) is 42.9 Å². The third kappa shape index (κ3) is 5.74. The zero-order valence-corrected chi connectivity index (χ0v) is 16.6. The molecule has 2 aromatic rings. The van der Waals surface area contributed by atoms with Gasteiger partial charge in [0.25, 0.3) is 0 Å². The molecule has 0 saturated heterocycles. The minimum atomic E-state index is -0.878. The van der Waals surface area contributed by atoms with E-state index in [1.165, 1.54) is 12.1 Å². The standard InChI is InChI=1S/C23H25N3O4/c24-14-21(17-9-6-10-18(27)13-17)25-22(28)19-11-4-5-12-20(19)26-23(29)30-15-16-7-2-1-3-8-16/h1-3,6-10,13,19-21,27H,4-5,11-12,15H2,(H,25,28)(H,26,29). The minimum Gasteiger partial charge on any atom is -0.508 e. The Morgan fingerprint density at radius 1 is 1.13 bits per heavy atom. The fraction of sp³-hybridized carbons (Fsp3) is 0.348. The molecule has 3 rings (SSSR count). The molecule has 1 saturated carbocycles. The first-order chi connectivity index (χ1) is 14.6. The van der Waals surface area contributed by atoms with Gasteiger partial charge in [0.15, 0.2) is 0 Å². The number of aromatic hydroxyl groups is 1. The second-order valence-electron chi connectivity index (χ2n) is 7.37. The number of nitrogens with zero attached hydrogens (tertiary/aromatic N) is 1. The molecule has 0 spiro atoms. The van der Waals surface area contributed by atoms with E-state index in [0.29, 0.717) is 18.4 Å². The van der Waals surface area contributed by atoms with Gasteiger partial charge in [-0.3, -0.25) is 4.79 Å². The molecule has 2 amide bonds. The first-order valence-corrected chi connectivity index (χ1v) is 10.0. The predicted octanol–water partition coefficient (Wildman–Crippen LogP) is 3.56. The summed E-state index contributed by atoms with van der Waals surface area (Å²) in [6.45, 7) is 0.157. The maximum absolute atomic E-state index is 12.9. The Bertz CT molecular complexity index is 910. The number of carbonyl (C=O) groups is 2. The van der Waals surface area contributed by atoms with Crippen LogP contribution in [0.2, 0.25) is 0 Å².